The average molecular weight is 457 g/mol. The first-order chi connectivity index (χ1) is 16.6. The van der Waals surface area contributed by atoms with Gasteiger partial charge in [-0.3, -0.25) is 4.79 Å². The number of nitrogens with zero attached hydrogens (tertiary/aromatic N) is 2. The Bertz CT molecular complexity index is 1060. The lowest BCUT2D eigenvalue weighted by Gasteiger charge is -2.27. The van der Waals surface area contributed by atoms with Crippen molar-refractivity contribution in [2.24, 2.45) is 0 Å². The van der Waals surface area contributed by atoms with Crippen LogP contribution in [0, 0.1) is 6.57 Å². The Morgan fingerprint density at radius 1 is 0.971 bits per heavy atom. The summed E-state index contributed by atoms with van der Waals surface area (Å²) in [5.41, 5.74) is 6.03. The third-order valence-electron chi connectivity index (χ3n) is 6.46. The molecule has 0 unspecified atom stereocenters. The Morgan fingerprint density at radius 2 is 1.65 bits per heavy atom. The molecule has 0 radical (unpaired) electrons. The highest BCUT2D eigenvalue weighted by atomic mass is 16.4. The molecule has 1 aliphatic heterocycles. The molecule has 4 heteroatoms. The van der Waals surface area contributed by atoms with Gasteiger partial charge in [-0.05, 0) is 60.2 Å². The van der Waals surface area contributed by atoms with Crippen molar-refractivity contribution in [1.82, 2.24) is 0 Å². The number of aryl methyl sites for hydroxylation is 2. The molecule has 34 heavy (non-hydrogen) atoms. The summed E-state index contributed by atoms with van der Waals surface area (Å²) in [7, 11) is 0. The van der Waals surface area contributed by atoms with Crippen LogP contribution in [0.15, 0.2) is 60.3 Å². The lowest BCUT2D eigenvalue weighted by molar-refractivity contribution is -0.132. The topological polar surface area (TPSA) is 44.9 Å². The molecule has 0 aliphatic carbocycles. The minimum absolute atomic E-state index is 0.280. The summed E-state index contributed by atoms with van der Waals surface area (Å²) >= 11 is 0. The number of unbranched alkanes of at least 4 members (excludes halogenated alkanes) is 7. The molecule has 0 aromatic heterocycles. The van der Waals surface area contributed by atoms with Gasteiger partial charge in [0.25, 0.3) is 5.70 Å². The zero-order valence-electron chi connectivity index (χ0n) is 20.3. The number of fused-ring (bicyclic) bond motifs is 2. The molecule has 0 fully saturated rings. The van der Waals surface area contributed by atoms with Gasteiger partial charge < -0.3 is 10.0 Å². The minimum atomic E-state index is -1.20. The second kappa shape index (κ2) is 13.4. The van der Waals surface area contributed by atoms with E-state index in [-0.39, 0.29) is 5.70 Å². The number of carbonyl (C=O) groups is 1. The van der Waals surface area contributed by atoms with Crippen LogP contribution in [0.5, 0.6) is 0 Å². The molecule has 2 aromatic rings. The summed E-state index contributed by atoms with van der Waals surface area (Å²) in [6.45, 7) is 10.2. The number of rotatable bonds is 12. The SMILES string of the molecule is [C-]#[N+]/C(=C\C=C\c1ccc2c(c1)CCc1ccccc1N2CCCCCCCCCC)C(=O)O. The molecular formula is C30H36N2O2. The molecule has 2 aromatic carbocycles. The first kappa shape index (κ1) is 25.3. The van der Waals surface area contributed by atoms with E-state index in [0.29, 0.717) is 0 Å². The molecule has 178 valence electrons. The molecule has 0 atom stereocenters. The maximum absolute atomic E-state index is 11.0. The van der Waals surface area contributed by atoms with Crippen LogP contribution in [-0.2, 0) is 17.6 Å². The van der Waals surface area contributed by atoms with E-state index in [0.717, 1.165) is 24.9 Å². The third-order valence-corrected chi connectivity index (χ3v) is 6.46. The van der Waals surface area contributed by atoms with Crippen molar-refractivity contribution in [3.8, 4) is 0 Å². The van der Waals surface area contributed by atoms with Crippen molar-refractivity contribution in [2.75, 3.05) is 11.4 Å². The van der Waals surface area contributed by atoms with Crippen molar-refractivity contribution >= 4 is 23.4 Å². The highest BCUT2D eigenvalue weighted by molar-refractivity contribution is 5.89. The van der Waals surface area contributed by atoms with E-state index in [1.165, 1.54) is 79.9 Å². The fraction of sp³-hybridized carbons (Fsp3) is 0.400. The molecule has 0 bridgehead atoms. The molecular weight excluding hydrogens is 420 g/mol. The fourth-order valence-corrected chi connectivity index (χ4v) is 4.61. The van der Waals surface area contributed by atoms with Gasteiger partial charge >= 0.3 is 5.97 Å². The molecule has 1 N–H and O–H groups in total. The monoisotopic (exact) mass is 456 g/mol. The fourth-order valence-electron chi connectivity index (χ4n) is 4.61. The maximum Gasteiger partial charge on any atom is 0.333 e. The van der Waals surface area contributed by atoms with Crippen molar-refractivity contribution in [3.63, 3.8) is 0 Å². The summed E-state index contributed by atoms with van der Waals surface area (Å²) in [6.07, 6.45) is 17.3. The van der Waals surface area contributed by atoms with Gasteiger partial charge in [0.15, 0.2) is 0 Å². The van der Waals surface area contributed by atoms with Crippen LogP contribution in [0.3, 0.4) is 0 Å². The summed E-state index contributed by atoms with van der Waals surface area (Å²) in [5, 5.41) is 9.01. The van der Waals surface area contributed by atoms with Gasteiger partial charge in [0.2, 0.25) is 0 Å². The first-order valence-corrected chi connectivity index (χ1v) is 12.6. The normalized spacial score (nSPS) is 13.3. The maximum atomic E-state index is 11.0. The Balaban J connectivity index is 1.73. The predicted octanol–water partition coefficient (Wildman–Crippen LogP) is 7.96. The Morgan fingerprint density at radius 3 is 2.38 bits per heavy atom. The highest BCUT2D eigenvalue weighted by Crippen LogP contribution is 2.37. The van der Waals surface area contributed by atoms with Crippen molar-refractivity contribution in [3.05, 3.63) is 88.4 Å². The highest BCUT2D eigenvalue weighted by Gasteiger charge is 2.20. The van der Waals surface area contributed by atoms with E-state index in [2.05, 4.69) is 59.1 Å². The number of benzene rings is 2. The molecule has 3 rings (SSSR count). The van der Waals surface area contributed by atoms with Crippen molar-refractivity contribution < 1.29 is 9.90 Å². The van der Waals surface area contributed by atoms with Crippen molar-refractivity contribution in [2.45, 2.75) is 71.1 Å². The van der Waals surface area contributed by atoms with Crippen LogP contribution in [-0.4, -0.2) is 17.6 Å². The van der Waals surface area contributed by atoms with Gasteiger partial charge in [0, 0.05) is 17.9 Å². The number of para-hydroxylation sites is 1. The summed E-state index contributed by atoms with van der Waals surface area (Å²) < 4.78 is 0. The molecule has 1 heterocycles. The Kier molecular flexibility index (Phi) is 9.98. The second-order valence-corrected chi connectivity index (χ2v) is 8.97. The third kappa shape index (κ3) is 7.09. The van der Waals surface area contributed by atoms with Crippen LogP contribution < -0.4 is 4.90 Å². The number of carboxylic acids is 1. The quantitative estimate of drug-likeness (QED) is 0.152. The van der Waals surface area contributed by atoms with Gasteiger partial charge in [-0.15, -0.1) is 0 Å². The van der Waals surface area contributed by atoms with E-state index in [9.17, 15) is 4.79 Å². The number of hydrogen-bond donors (Lipinski definition) is 1. The van der Waals surface area contributed by atoms with Gasteiger partial charge in [0.05, 0.1) is 6.57 Å². The lowest BCUT2D eigenvalue weighted by Crippen LogP contribution is -2.19. The Hall–Kier alpha value is -3.32. The minimum Gasteiger partial charge on any atom is -0.486 e. The molecule has 0 saturated carbocycles. The zero-order valence-corrected chi connectivity index (χ0v) is 20.3. The van der Waals surface area contributed by atoms with E-state index in [1.54, 1.807) is 6.08 Å². The van der Waals surface area contributed by atoms with Gasteiger partial charge in [-0.25, -0.2) is 4.85 Å². The van der Waals surface area contributed by atoms with Crippen LogP contribution in [0.1, 0.15) is 75.0 Å². The van der Waals surface area contributed by atoms with Crippen LogP contribution in [0.2, 0.25) is 0 Å². The number of aliphatic carboxylic acids is 1. The summed E-state index contributed by atoms with van der Waals surface area (Å²) in [4.78, 5) is 16.5. The molecule has 0 spiro atoms. The molecule has 0 amide bonds. The largest absolute Gasteiger partial charge is 0.486 e. The summed E-state index contributed by atoms with van der Waals surface area (Å²) in [5.74, 6) is -1.20. The molecule has 1 aliphatic rings. The Labute approximate surface area is 204 Å². The number of allylic oxidation sites excluding steroid dienone is 2. The average Bonchev–Trinajstić information content (AvgIpc) is 3.00. The molecule has 4 nitrogen and oxygen atoms in total. The van der Waals surface area contributed by atoms with E-state index in [1.807, 2.05) is 6.08 Å². The lowest BCUT2D eigenvalue weighted by atomic mass is 10.0. The van der Waals surface area contributed by atoms with E-state index >= 15 is 0 Å². The first-order valence-electron chi connectivity index (χ1n) is 12.6. The number of anilines is 2. The zero-order chi connectivity index (χ0) is 24.2. The van der Waals surface area contributed by atoms with E-state index < -0.39 is 5.97 Å². The number of hydrogen-bond acceptors (Lipinski definition) is 2. The van der Waals surface area contributed by atoms with Crippen LogP contribution in [0.4, 0.5) is 11.4 Å². The van der Waals surface area contributed by atoms with Gasteiger partial charge in [0.1, 0.15) is 0 Å². The van der Waals surface area contributed by atoms with Crippen LogP contribution in [0.25, 0.3) is 10.9 Å². The standard InChI is InChI=1S/C30H36N2O2/c1-3-4-5-6-7-8-9-12-22-32-28-17-11-10-15-25(28)19-20-26-23-24(18-21-29(26)32)14-13-16-27(31-2)30(33)34/h10-11,13-18,21,23H,3-9,12,19-20,22H2,1H3,(H,33,34)/b14-13+,27-16-. The summed E-state index contributed by atoms with van der Waals surface area (Å²) in [6, 6.07) is 15.2. The second-order valence-electron chi connectivity index (χ2n) is 8.97. The molecule has 0 saturated heterocycles. The van der Waals surface area contributed by atoms with Gasteiger partial charge in [-0.1, -0.05) is 88.3 Å². The number of carboxylic acid groups (broad SMARTS) is 1. The van der Waals surface area contributed by atoms with Crippen molar-refractivity contribution in [1.29, 1.82) is 0 Å². The predicted molar refractivity (Wildman–Crippen MR) is 141 cm³/mol. The van der Waals surface area contributed by atoms with Gasteiger partial charge in [-0.2, -0.15) is 0 Å². The van der Waals surface area contributed by atoms with E-state index in [4.69, 9.17) is 11.7 Å². The van der Waals surface area contributed by atoms with Crippen LogP contribution >= 0.6 is 0 Å². The smallest absolute Gasteiger partial charge is 0.333 e.